The molecule has 0 aliphatic heterocycles. The van der Waals surface area contributed by atoms with E-state index in [1.165, 1.54) is 12.0 Å². The monoisotopic (exact) mass is 245 g/mol. The Balaban J connectivity index is 4.40. The molecule has 0 saturated heterocycles. The number of methoxy groups -OCH3 is 1. The molecule has 0 bridgehead atoms. The van der Waals surface area contributed by atoms with Crippen molar-refractivity contribution in [3.63, 3.8) is 0 Å². The Morgan fingerprint density at radius 3 is 2.12 bits per heavy atom. The highest BCUT2D eigenvalue weighted by molar-refractivity contribution is 5.83. The Bertz CT molecular complexity index is 268. The Hall–Kier alpha value is -1.10. The van der Waals surface area contributed by atoms with Crippen LogP contribution in [0.3, 0.4) is 0 Å². The summed E-state index contributed by atoms with van der Waals surface area (Å²) in [5.74, 6) is -0.636. The van der Waals surface area contributed by atoms with Gasteiger partial charge in [0.2, 0.25) is 5.91 Å². The molecule has 5 nitrogen and oxygen atoms in total. The minimum Gasteiger partial charge on any atom is -0.468 e. The topological polar surface area (TPSA) is 55.8 Å². The van der Waals surface area contributed by atoms with Gasteiger partial charge in [0.15, 0.2) is 0 Å². The number of nitrogens with zero attached hydrogens (tertiary/aromatic N) is 1. The third-order valence-corrected chi connectivity index (χ3v) is 2.10. The highest BCUT2D eigenvalue weighted by Gasteiger charge is 2.22. The average Bonchev–Trinajstić information content (AvgIpc) is 2.20. The van der Waals surface area contributed by atoms with Crippen LogP contribution in [0, 0.1) is 0 Å². The Morgan fingerprint density at radius 2 is 1.76 bits per heavy atom. The summed E-state index contributed by atoms with van der Waals surface area (Å²) < 4.78 is 9.95. The van der Waals surface area contributed by atoms with E-state index in [1.807, 2.05) is 34.6 Å². The minimum absolute atomic E-state index is 0.0291. The fraction of sp³-hybridized carbons (Fsp3) is 0.833. The van der Waals surface area contributed by atoms with Gasteiger partial charge >= 0.3 is 5.97 Å². The van der Waals surface area contributed by atoms with E-state index in [4.69, 9.17) is 4.74 Å². The van der Waals surface area contributed by atoms with Gasteiger partial charge in [0, 0.05) is 6.04 Å². The van der Waals surface area contributed by atoms with Crippen LogP contribution in [-0.2, 0) is 19.1 Å². The molecule has 0 spiro atoms. The number of carbonyl (C=O) groups excluding carboxylic acids is 2. The number of hydrogen-bond acceptors (Lipinski definition) is 4. The second kappa shape index (κ2) is 6.59. The van der Waals surface area contributed by atoms with E-state index in [2.05, 4.69) is 4.74 Å². The van der Waals surface area contributed by atoms with Crippen LogP contribution in [0.15, 0.2) is 0 Å². The van der Waals surface area contributed by atoms with Gasteiger partial charge in [-0.05, 0) is 34.6 Å². The van der Waals surface area contributed by atoms with Gasteiger partial charge in [-0.3, -0.25) is 9.59 Å². The van der Waals surface area contributed by atoms with E-state index in [9.17, 15) is 9.59 Å². The van der Waals surface area contributed by atoms with Crippen LogP contribution in [0.2, 0.25) is 0 Å². The summed E-state index contributed by atoms with van der Waals surface area (Å²) >= 11 is 0. The van der Waals surface area contributed by atoms with Gasteiger partial charge in [-0.1, -0.05) is 0 Å². The fourth-order valence-corrected chi connectivity index (χ4v) is 1.12. The van der Waals surface area contributed by atoms with E-state index >= 15 is 0 Å². The summed E-state index contributed by atoms with van der Waals surface area (Å²) in [7, 11) is 1.30. The van der Waals surface area contributed by atoms with E-state index in [0.29, 0.717) is 0 Å². The maximum absolute atomic E-state index is 11.9. The van der Waals surface area contributed by atoms with Crippen molar-refractivity contribution in [2.75, 3.05) is 20.3 Å². The maximum Gasteiger partial charge on any atom is 0.325 e. The minimum atomic E-state index is -0.428. The van der Waals surface area contributed by atoms with Crippen molar-refractivity contribution < 1.29 is 19.1 Å². The molecule has 0 aliphatic carbocycles. The summed E-state index contributed by atoms with van der Waals surface area (Å²) in [5.41, 5.74) is -0.371. The molecule has 0 aromatic carbocycles. The third-order valence-electron chi connectivity index (χ3n) is 2.10. The molecule has 0 aromatic heterocycles. The summed E-state index contributed by atoms with van der Waals surface area (Å²) in [4.78, 5) is 24.5. The number of carbonyl (C=O) groups is 2. The smallest absolute Gasteiger partial charge is 0.325 e. The van der Waals surface area contributed by atoms with Gasteiger partial charge in [0.25, 0.3) is 0 Å². The van der Waals surface area contributed by atoms with Gasteiger partial charge in [0.05, 0.1) is 12.7 Å². The molecule has 0 saturated carbocycles. The van der Waals surface area contributed by atoms with Crippen molar-refractivity contribution in [2.24, 2.45) is 0 Å². The lowest BCUT2D eigenvalue weighted by atomic mass is 10.2. The molecule has 100 valence electrons. The van der Waals surface area contributed by atoms with Gasteiger partial charge in [-0.15, -0.1) is 0 Å². The van der Waals surface area contributed by atoms with E-state index in [0.717, 1.165) is 0 Å². The molecule has 0 unspecified atom stereocenters. The van der Waals surface area contributed by atoms with Crippen LogP contribution in [0.1, 0.15) is 34.6 Å². The standard InChI is InChI=1S/C12H23NO4/c1-9(2)13(7-11(15)16-6)10(14)8-17-12(3,4)5/h9H,7-8H2,1-6H3. The summed E-state index contributed by atoms with van der Waals surface area (Å²) in [6.07, 6.45) is 0. The molecule has 0 rings (SSSR count). The molecule has 0 aromatic rings. The summed E-state index contributed by atoms with van der Waals surface area (Å²) in [6.45, 7) is 9.25. The fourth-order valence-electron chi connectivity index (χ4n) is 1.12. The highest BCUT2D eigenvalue weighted by atomic mass is 16.5. The zero-order valence-electron chi connectivity index (χ0n) is 11.6. The average molecular weight is 245 g/mol. The molecule has 0 N–H and O–H groups in total. The normalized spacial score (nSPS) is 11.5. The van der Waals surface area contributed by atoms with Crippen LogP contribution in [0.5, 0.6) is 0 Å². The lowest BCUT2D eigenvalue weighted by Gasteiger charge is -2.27. The van der Waals surface area contributed by atoms with Crippen LogP contribution < -0.4 is 0 Å². The van der Waals surface area contributed by atoms with E-state index < -0.39 is 5.97 Å². The summed E-state index contributed by atoms with van der Waals surface area (Å²) in [6, 6.07) is -0.0647. The van der Waals surface area contributed by atoms with Crippen molar-refractivity contribution in [1.29, 1.82) is 0 Å². The number of ether oxygens (including phenoxy) is 2. The highest BCUT2D eigenvalue weighted by Crippen LogP contribution is 2.08. The van der Waals surface area contributed by atoms with Crippen LogP contribution in [0.4, 0.5) is 0 Å². The summed E-state index contributed by atoms with van der Waals surface area (Å²) in [5, 5.41) is 0. The Labute approximate surface area is 103 Å². The first kappa shape index (κ1) is 15.9. The molecule has 0 aliphatic rings. The lowest BCUT2D eigenvalue weighted by molar-refractivity contribution is -0.152. The molecule has 0 radical (unpaired) electrons. The Kier molecular flexibility index (Phi) is 6.16. The lowest BCUT2D eigenvalue weighted by Crippen LogP contribution is -2.44. The number of rotatable bonds is 5. The first-order valence-corrected chi connectivity index (χ1v) is 5.67. The number of amides is 1. The van der Waals surface area contributed by atoms with Crippen molar-refractivity contribution in [3.8, 4) is 0 Å². The van der Waals surface area contributed by atoms with Crippen molar-refractivity contribution in [2.45, 2.75) is 46.3 Å². The number of esters is 1. The van der Waals surface area contributed by atoms with Gasteiger partial charge < -0.3 is 14.4 Å². The van der Waals surface area contributed by atoms with Crippen LogP contribution >= 0.6 is 0 Å². The molecule has 5 heteroatoms. The zero-order valence-corrected chi connectivity index (χ0v) is 11.6. The Morgan fingerprint density at radius 1 is 1.24 bits per heavy atom. The van der Waals surface area contributed by atoms with Gasteiger partial charge in [-0.2, -0.15) is 0 Å². The van der Waals surface area contributed by atoms with Crippen LogP contribution in [0.25, 0.3) is 0 Å². The molecule has 0 heterocycles. The molecule has 0 atom stereocenters. The molecule has 0 fully saturated rings. The maximum atomic E-state index is 11.9. The van der Waals surface area contributed by atoms with E-state index in [-0.39, 0.29) is 30.7 Å². The first-order valence-electron chi connectivity index (χ1n) is 5.67. The third kappa shape index (κ3) is 6.94. The van der Waals surface area contributed by atoms with Gasteiger partial charge in [-0.25, -0.2) is 0 Å². The predicted molar refractivity (Wildman–Crippen MR) is 64.6 cm³/mol. The largest absolute Gasteiger partial charge is 0.468 e. The quantitative estimate of drug-likeness (QED) is 0.683. The molecule has 17 heavy (non-hydrogen) atoms. The van der Waals surface area contributed by atoms with Crippen molar-refractivity contribution in [1.82, 2.24) is 4.90 Å². The van der Waals surface area contributed by atoms with Gasteiger partial charge in [0.1, 0.15) is 13.2 Å². The van der Waals surface area contributed by atoms with Crippen LogP contribution in [-0.4, -0.2) is 48.7 Å². The first-order chi connectivity index (χ1) is 7.67. The zero-order chi connectivity index (χ0) is 13.6. The second-order valence-electron chi connectivity index (χ2n) is 5.09. The molecular formula is C12H23NO4. The molecular weight excluding hydrogens is 222 g/mol. The van der Waals surface area contributed by atoms with Crippen molar-refractivity contribution >= 4 is 11.9 Å². The molecule has 1 amide bonds. The SMILES string of the molecule is COC(=O)CN(C(=O)COC(C)(C)C)C(C)C. The van der Waals surface area contributed by atoms with Crippen molar-refractivity contribution in [3.05, 3.63) is 0 Å². The predicted octanol–water partition coefficient (Wildman–Crippen LogP) is 1.21. The van der Waals surface area contributed by atoms with E-state index in [1.54, 1.807) is 0 Å². The second-order valence-corrected chi connectivity index (χ2v) is 5.09. The number of hydrogen-bond donors (Lipinski definition) is 0.